The molecule has 0 aliphatic rings. The van der Waals surface area contributed by atoms with Gasteiger partial charge in [-0.3, -0.25) is 0 Å². The zero-order valence-electron chi connectivity index (χ0n) is 11.0. The maximum absolute atomic E-state index is 6.00. The van der Waals surface area contributed by atoms with Crippen LogP contribution < -0.4 is 0 Å². The minimum Gasteiger partial charge on any atom is -0.218 e. The molecule has 0 saturated carbocycles. The van der Waals surface area contributed by atoms with Crippen molar-refractivity contribution in [2.75, 3.05) is 0 Å². The summed E-state index contributed by atoms with van der Waals surface area (Å²) in [4.78, 5) is 8.60. The van der Waals surface area contributed by atoms with E-state index in [1.54, 1.807) is 11.8 Å². The Morgan fingerprint density at radius 2 is 1.90 bits per heavy atom. The minimum atomic E-state index is 0.301. The van der Waals surface area contributed by atoms with Gasteiger partial charge in [-0.1, -0.05) is 48.0 Å². The number of aromatic nitrogens is 2. The summed E-state index contributed by atoms with van der Waals surface area (Å²) >= 11 is 7.69. The highest BCUT2D eigenvalue weighted by atomic mass is 35.5. The third-order valence-corrected chi connectivity index (χ3v) is 4.23. The largest absolute Gasteiger partial charge is 0.224 e. The van der Waals surface area contributed by atoms with E-state index in [2.05, 4.69) is 41.2 Å². The molecule has 2 nitrogen and oxygen atoms in total. The molecule has 0 radical (unpaired) electrons. The molecule has 100 valence electrons. The summed E-state index contributed by atoms with van der Waals surface area (Å²) in [5.41, 5.74) is 3.45. The summed E-state index contributed by atoms with van der Waals surface area (Å²) in [6, 6.07) is 16.4. The van der Waals surface area contributed by atoms with Crippen LogP contribution in [0.4, 0.5) is 0 Å². The number of nitrogens with zero attached hydrogens (tertiary/aromatic N) is 2. The zero-order chi connectivity index (χ0) is 13.9. The summed E-state index contributed by atoms with van der Waals surface area (Å²) in [7, 11) is 0. The quantitative estimate of drug-likeness (QED) is 0.391. The molecule has 3 aromatic rings. The van der Waals surface area contributed by atoms with E-state index in [4.69, 9.17) is 11.6 Å². The third kappa shape index (κ3) is 2.94. The predicted molar refractivity (Wildman–Crippen MR) is 85.3 cm³/mol. The number of aryl methyl sites for hydroxylation is 1. The second-order valence-corrected chi connectivity index (χ2v) is 5.89. The second kappa shape index (κ2) is 5.81. The van der Waals surface area contributed by atoms with Gasteiger partial charge in [-0.15, -0.1) is 11.8 Å². The molecule has 0 fully saturated rings. The van der Waals surface area contributed by atoms with Crippen LogP contribution in [-0.4, -0.2) is 9.97 Å². The van der Waals surface area contributed by atoms with Crippen LogP contribution in [0, 0.1) is 6.92 Å². The topological polar surface area (TPSA) is 25.8 Å². The first kappa shape index (κ1) is 13.4. The molecule has 0 aliphatic carbocycles. The molecule has 4 heteroatoms. The van der Waals surface area contributed by atoms with Gasteiger partial charge < -0.3 is 0 Å². The Morgan fingerprint density at radius 1 is 1.05 bits per heavy atom. The molecule has 0 aliphatic heterocycles. The summed E-state index contributed by atoms with van der Waals surface area (Å²) in [6.45, 7) is 2.10. The van der Waals surface area contributed by atoms with Crippen LogP contribution in [0.3, 0.4) is 0 Å². The van der Waals surface area contributed by atoms with Gasteiger partial charge in [0, 0.05) is 11.1 Å². The summed E-state index contributed by atoms with van der Waals surface area (Å²) in [5, 5.41) is 2.28. The molecule has 0 unspecified atom stereocenters. The SMILES string of the molecule is Cc1cccc(CSc2nc(Cl)nc3ccccc23)c1. The molecule has 2 aromatic carbocycles. The summed E-state index contributed by atoms with van der Waals surface area (Å²) in [5.74, 6) is 0.874. The van der Waals surface area contributed by atoms with Crippen LogP contribution in [0.1, 0.15) is 11.1 Å². The van der Waals surface area contributed by atoms with Crippen molar-refractivity contribution >= 4 is 34.3 Å². The molecule has 0 atom stereocenters. The Kier molecular flexibility index (Phi) is 3.90. The highest BCUT2D eigenvalue weighted by molar-refractivity contribution is 7.98. The lowest BCUT2D eigenvalue weighted by Gasteiger charge is -2.06. The number of hydrogen-bond acceptors (Lipinski definition) is 3. The van der Waals surface area contributed by atoms with E-state index < -0.39 is 0 Å². The third-order valence-electron chi connectivity index (χ3n) is 3.00. The first-order valence-electron chi connectivity index (χ1n) is 6.33. The van der Waals surface area contributed by atoms with E-state index in [1.165, 1.54) is 11.1 Å². The van der Waals surface area contributed by atoms with Gasteiger partial charge in [0.05, 0.1) is 5.52 Å². The van der Waals surface area contributed by atoms with Gasteiger partial charge in [-0.25, -0.2) is 9.97 Å². The highest BCUT2D eigenvalue weighted by Crippen LogP contribution is 2.29. The van der Waals surface area contributed by atoms with Crippen molar-refractivity contribution in [3.63, 3.8) is 0 Å². The van der Waals surface area contributed by atoms with Crippen molar-refractivity contribution in [2.24, 2.45) is 0 Å². The number of fused-ring (bicyclic) bond motifs is 1. The van der Waals surface area contributed by atoms with Crippen molar-refractivity contribution in [2.45, 2.75) is 17.7 Å². The van der Waals surface area contributed by atoms with Gasteiger partial charge in [0.15, 0.2) is 0 Å². The minimum absolute atomic E-state index is 0.301. The second-order valence-electron chi connectivity index (χ2n) is 4.59. The number of halogens is 1. The van der Waals surface area contributed by atoms with Crippen molar-refractivity contribution < 1.29 is 0 Å². The Morgan fingerprint density at radius 3 is 2.75 bits per heavy atom. The van der Waals surface area contributed by atoms with E-state index in [0.29, 0.717) is 5.28 Å². The number of hydrogen-bond donors (Lipinski definition) is 0. The molecule has 3 rings (SSSR count). The Bertz CT molecular complexity index is 758. The molecule has 0 saturated heterocycles. The van der Waals surface area contributed by atoms with Gasteiger partial charge in [0.2, 0.25) is 5.28 Å². The molecule has 0 bridgehead atoms. The van der Waals surface area contributed by atoms with E-state index in [1.807, 2.05) is 24.3 Å². The summed E-state index contributed by atoms with van der Waals surface area (Å²) in [6.07, 6.45) is 0. The maximum Gasteiger partial charge on any atom is 0.224 e. The first-order valence-corrected chi connectivity index (χ1v) is 7.69. The number of rotatable bonds is 3. The van der Waals surface area contributed by atoms with Gasteiger partial charge >= 0.3 is 0 Å². The monoisotopic (exact) mass is 300 g/mol. The smallest absolute Gasteiger partial charge is 0.218 e. The molecule has 1 aromatic heterocycles. The lowest BCUT2D eigenvalue weighted by atomic mass is 10.2. The molecule has 1 heterocycles. The molecule has 0 spiro atoms. The van der Waals surface area contributed by atoms with E-state index in [9.17, 15) is 0 Å². The van der Waals surface area contributed by atoms with Crippen molar-refractivity contribution in [1.29, 1.82) is 0 Å². The van der Waals surface area contributed by atoms with Crippen LogP contribution >= 0.6 is 23.4 Å². The van der Waals surface area contributed by atoms with Gasteiger partial charge in [-0.05, 0) is 30.2 Å². The highest BCUT2D eigenvalue weighted by Gasteiger charge is 2.07. The number of thioether (sulfide) groups is 1. The van der Waals surface area contributed by atoms with Crippen LogP contribution in [0.15, 0.2) is 53.6 Å². The van der Waals surface area contributed by atoms with Crippen molar-refractivity contribution in [3.8, 4) is 0 Å². The zero-order valence-corrected chi connectivity index (χ0v) is 12.6. The summed E-state index contributed by atoms with van der Waals surface area (Å²) < 4.78 is 0. The molecule has 20 heavy (non-hydrogen) atoms. The lowest BCUT2D eigenvalue weighted by molar-refractivity contribution is 1.10. The van der Waals surface area contributed by atoms with Gasteiger partial charge in [0.25, 0.3) is 0 Å². The number of para-hydroxylation sites is 1. The lowest BCUT2D eigenvalue weighted by Crippen LogP contribution is -1.90. The van der Waals surface area contributed by atoms with E-state index in [-0.39, 0.29) is 0 Å². The van der Waals surface area contributed by atoms with Gasteiger partial charge in [-0.2, -0.15) is 0 Å². The standard InChI is InChI=1S/C16H13ClN2S/c1-11-5-4-6-12(9-11)10-20-15-13-7-2-3-8-14(13)18-16(17)19-15/h2-9H,10H2,1H3. The molecule has 0 amide bonds. The average molecular weight is 301 g/mol. The van der Waals surface area contributed by atoms with Crippen LogP contribution in [0.25, 0.3) is 10.9 Å². The number of benzene rings is 2. The maximum atomic E-state index is 6.00. The van der Waals surface area contributed by atoms with Crippen LogP contribution in [0.2, 0.25) is 5.28 Å². The van der Waals surface area contributed by atoms with Crippen LogP contribution in [-0.2, 0) is 5.75 Å². The molecular formula is C16H13ClN2S. The van der Waals surface area contributed by atoms with E-state index in [0.717, 1.165) is 21.7 Å². The van der Waals surface area contributed by atoms with Crippen molar-refractivity contribution in [1.82, 2.24) is 9.97 Å². The Balaban J connectivity index is 1.91. The van der Waals surface area contributed by atoms with E-state index >= 15 is 0 Å². The normalized spacial score (nSPS) is 10.9. The van der Waals surface area contributed by atoms with Crippen molar-refractivity contribution in [3.05, 3.63) is 64.9 Å². The first-order chi connectivity index (χ1) is 9.72. The fourth-order valence-corrected chi connectivity index (χ4v) is 3.27. The van der Waals surface area contributed by atoms with Crippen LogP contribution in [0.5, 0.6) is 0 Å². The predicted octanol–water partition coefficient (Wildman–Crippen LogP) is 4.88. The molecule has 0 N–H and O–H groups in total. The average Bonchev–Trinajstić information content (AvgIpc) is 2.44. The fraction of sp³-hybridized carbons (Fsp3) is 0.125. The fourth-order valence-electron chi connectivity index (χ4n) is 2.08. The Hall–Kier alpha value is -1.58. The van der Waals surface area contributed by atoms with Gasteiger partial charge in [0.1, 0.15) is 5.03 Å². The Labute approximate surface area is 127 Å². The molecular weight excluding hydrogens is 288 g/mol.